The average Bonchev–Trinajstić information content (AvgIpc) is 2.07. The minimum atomic E-state index is -0.719. The van der Waals surface area contributed by atoms with Crippen molar-refractivity contribution in [2.24, 2.45) is 0 Å². The molecular weight excluding hydrogens is 180 g/mol. The summed E-state index contributed by atoms with van der Waals surface area (Å²) in [5.74, 6) is 0. The maximum absolute atomic E-state index is 9.62. The van der Waals surface area contributed by atoms with Gasteiger partial charge in [0.1, 0.15) is 0 Å². The van der Waals surface area contributed by atoms with Crippen molar-refractivity contribution in [1.82, 2.24) is 4.90 Å². The Balaban J connectivity index is 3.91. The maximum Gasteiger partial charge on any atom is 0.0718 e. The molecule has 82 valence electrons. The van der Waals surface area contributed by atoms with Crippen LogP contribution in [0.25, 0.3) is 0 Å². The fraction of sp³-hybridized carbons (Fsp3) is 0.900. The Morgan fingerprint density at radius 3 is 2.50 bits per heavy atom. The van der Waals surface area contributed by atoms with Crippen LogP contribution in [0.1, 0.15) is 20.3 Å². The topological polar surface area (TPSA) is 56.5 Å². The van der Waals surface area contributed by atoms with E-state index in [-0.39, 0.29) is 0 Å². The Bertz CT molecular complexity index is 182. The van der Waals surface area contributed by atoms with Crippen molar-refractivity contribution in [3.63, 3.8) is 0 Å². The van der Waals surface area contributed by atoms with Crippen LogP contribution in [0.4, 0.5) is 0 Å². The van der Waals surface area contributed by atoms with Gasteiger partial charge in [-0.3, -0.25) is 4.90 Å². The summed E-state index contributed by atoms with van der Waals surface area (Å²) < 4.78 is 4.96. The minimum absolute atomic E-state index is 0.486. The van der Waals surface area contributed by atoms with E-state index in [0.29, 0.717) is 26.1 Å². The second-order valence-electron chi connectivity index (χ2n) is 3.99. The molecule has 1 N–H and O–H groups in total. The van der Waals surface area contributed by atoms with Gasteiger partial charge in [-0.05, 0) is 13.8 Å². The molecule has 4 nitrogen and oxygen atoms in total. The first-order valence-electron chi connectivity index (χ1n) is 4.80. The maximum atomic E-state index is 9.62. The molecule has 0 atom stereocenters. The van der Waals surface area contributed by atoms with E-state index in [4.69, 9.17) is 10.00 Å². The summed E-state index contributed by atoms with van der Waals surface area (Å²) in [5.41, 5.74) is -0.719. The summed E-state index contributed by atoms with van der Waals surface area (Å²) in [6.07, 6.45) is 0.486. The molecule has 0 aliphatic carbocycles. The van der Waals surface area contributed by atoms with E-state index in [0.717, 1.165) is 6.54 Å². The molecule has 0 saturated heterocycles. The van der Waals surface area contributed by atoms with Crippen LogP contribution in [0.3, 0.4) is 0 Å². The standard InChI is InChI=1S/C10H20N2O2/c1-10(2,13)9-12(6-4-5-11)7-8-14-3/h13H,4,6-9H2,1-3H3. The minimum Gasteiger partial charge on any atom is -0.389 e. The smallest absolute Gasteiger partial charge is 0.0718 e. The molecule has 0 aliphatic rings. The molecule has 0 amide bonds. The highest BCUT2D eigenvalue weighted by atomic mass is 16.5. The van der Waals surface area contributed by atoms with Gasteiger partial charge >= 0.3 is 0 Å². The zero-order valence-corrected chi connectivity index (χ0v) is 9.29. The highest BCUT2D eigenvalue weighted by Crippen LogP contribution is 2.05. The van der Waals surface area contributed by atoms with E-state index >= 15 is 0 Å². The summed E-state index contributed by atoms with van der Waals surface area (Å²) in [7, 11) is 1.65. The highest BCUT2D eigenvalue weighted by molar-refractivity contribution is 4.76. The van der Waals surface area contributed by atoms with Crippen molar-refractivity contribution in [1.29, 1.82) is 5.26 Å². The Morgan fingerprint density at radius 1 is 1.43 bits per heavy atom. The van der Waals surface area contributed by atoms with Gasteiger partial charge in [-0.15, -0.1) is 0 Å². The normalized spacial score (nSPS) is 11.7. The molecular formula is C10H20N2O2. The SMILES string of the molecule is COCCN(CCC#N)CC(C)(C)O. The van der Waals surface area contributed by atoms with Gasteiger partial charge in [0.25, 0.3) is 0 Å². The molecule has 0 aliphatic heterocycles. The summed E-state index contributed by atoms with van der Waals surface area (Å²) in [5, 5.41) is 18.1. The number of rotatable bonds is 7. The van der Waals surface area contributed by atoms with Crippen molar-refractivity contribution >= 4 is 0 Å². The van der Waals surface area contributed by atoms with Gasteiger partial charge in [0.05, 0.1) is 18.3 Å². The Kier molecular flexibility index (Phi) is 6.46. The third-order valence-electron chi connectivity index (χ3n) is 1.76. The largest absolute Gasteiger partial charge is 0.389 e. The summed E-state index contributed by atoms with van der Waals surface area (Å²) in [4.78, 5) is 2.03. The van der Waals surface area contributed by atoms with E-state index in [1.165, 1.54) is 0 Å². The fourth-order valence-corrected chi connectivity index (χ4v) is 1.25. The monoisotopic (exact) mass is 200 g/mol. The molecule has 0 unspecified atom stereocenters. The van der Waals surface area contributed by atoms with Gasteiger partial charge in [-0.1, -0.05) is 0 Å². The van der Waals surface area contributed by atoms with Crippen LogP contribution < -0.4 is 0 Å². The van der Waals surface area contributed by atoms with Crippen molar-refractivity contribution in [3.05, 3.63) is 0 Å². The molecule has 0 spiro atoms. The number of hydrogen-bond acceptors (Lipinski definition) is 4. The van der Waals surface area contributed by atoms with Gasteiger partial charge in [-0.2, -0.15) is 5.26 Å². The number of nitrogens with zero attached hydrogens (tertiary/aromatic N) is 2. The van der Waals surface area contributed by atoms with Crippen molar-refractivity contribution < 1.29 is 9.84 Å². The fourth-order valence-electron chi connectivity index (χ4n) is 1.25. The molecule has 0 radical (unpaired) electrons. The lowest BCUT2D eigenvalue weighted by molar-refractivity contribution is 0.0284. The number of aliphatic hydroxyl groups is 1. The zero-order valence-electron chi connectivity index (χ0n) is 9.29. The molecule has 0 fully saturated rings. The molecule has 0 aromatic carbocycles. The number of nitriles is 1. The number of hydrogen-bond donors (Lipinski definition) is 1. The zero-order chi connectivity index (χ0) is 11.0. The Labute approximate surface area is 86.1 Å². The quantitative estimate of drug-likeness (QED) is 0.654. The van der Waals surface area contributed by atoms with Gasteiger partial charge in [0.15, 0.2) is 0 Å². The van der Waals surface area contributed by atoms with Crippen LogP contribution >= 0.6 is 0 Å². The molecule has 0 heterocycles. The van der Waals surface area contributed by atoms with Crippen LogP contribution in [0, 0.1) is 11.3 Å². The van der Waals surface area contributed by atoms with E-state index in [1.807, 2.05) is 4.90 Å². The lowest BCUT2D eigenvalue weighted by Crippen LogP contribution is -2.40. The van der Waals surface area contributed by atoms with E-state index in [2.05, 4.69) is 6.07 Å². The lowest BCUT2D eigenvalue weighted by Gasteiger charge is -2.28. The molecule has 4 heteroatoms. The molecule has 0 bridgehead atoms. The molecule has 0 aromatic rings. The average molecular weight is 200 g/mol. The summed E-state index contributed by atoms with van der Waals surface area (Å²) in [6, 6.07) is 2.10. The highest BCUT2D eigenvalue weighted by Gasteiger charge is 2.17. The van der Waals surface area contributed by atoms with Gasteiger partial charge < -0.3 is 9.84 Å². The lowest BCUT2D eigenvalue weighted by atomic mass is 10.1. The van der Waals surface area contributed by atoms with Crippen molar-refractivity contribution in [2.75, 3.05) is 33.4 Å². The van der Waals surface area contributed by atoms with E-state index < -0.39 is 5.60 Å². The number of methoxy groups -OCH3 is 1. The second-order valence-corrected chi connectivity index (χ2v) is 3.99. The number of ether oxygens (including phenoxy) is 1. The van der Waals surface area contributed by atoms with Gasteiger partial charge in [0, 0.05) is 33.2 Å². The van der Waals surface area contributed by atoms with E-state index in [9.17, 15) is 5.11 Å². The van der Waals surface area contributed by atoms with Crippen LogP contribution in [-0.2, 0) is 4.74 Å². The van der Waals surface area contributed by atoms with Crippen LogP contribution in [0.5, 0.6) is 0 Å². The molecule has 0 rings (SSSR count). The third kappa shape index (κ3) is 7.99. The van der Waals surface area contributed by atoms with Gasteiger partial charge in [0.2, 0.25) is 0 Å². The molecule has 14 heavy (non-hydrogen) atoms. The summed E-state index contributed by atoms with van der Waals surface area (Å²) in [6.45, 7) is 6.16. The van der Waals surface area contributed by atoms with E-state index in [1.54, 1.807) is 21.0 Å². The van der Waals surface area contributed by atoms with Crippen molar-refractivity contribution in [3.8, 4) is 6.07 Å². The summed E-state index contributed by atoms with van der Waals surface area (Å²) >= 11 is 0. The first-order valence-corrected chi connectivity index (χ1v) is 4.80. The predicted octanol–water partition coefficient (Wildman–Crippen LogP) is 0.619. The second kappa shape index (κ2) is 6.77. The Hall–Kier alpha value is -0.630. The van der Waals surface area contributed by atoms with Crippen LogP contribution in [0.15, 0.2) is 0 Å². The first kappa shape index (κ1) is 13.4. The third-order valence-corrected chi connectivity index (χ3v) is 1.76. The predicted molar refractivity (Wildman–Crippen MR) is 54.8 cm³/mol. The molecule has 0 aromatic heterocycles. The van der Waals surface area contributed by atoms with Gasteiger partial charge in [-0.25, -0.2) is 0 Å². The molecule has 0 saturated carbocycles. The first-order chi connectivity index (χ1) is 6.49. The Morgan fingerprint density at radius 2 is 2.07 bits per heavy atom. The van der Waals surface area contributed by atoms with Crippen LogP contribution in [-0.4, -0.2) is 49.0 Å². The van der Waals surface area contributed by atoms with Crippen molar-refractivity contribution in [2.45, 2.75) is 25.9 Å². The van der Waals surface area contributed by atoms with Crippen LogP contribution in [0.2, 0.25) is 0 Å².